The maximum atomic E-state index is 12.6. The molecule has 3 aromatic rings. The lowest BCUT2D eigenvalue weighted by atomic mass is 10.2. The Morgan fingerprint density at radius 3 is 2.67 bits per heavy atom. The van der Waals surface area contributed by atoms with Gasteiger partial charge in [-0.1, -0.05) is 0 Å². The molecule has 0 aliphatic carbocycles. The Bertz CT molecular complexity index is 934. The monoisotopic (exact) mass is 393 g/mol. The predicted octanol–water partition coefficient (Wildman–Crippen LogP) is 4.30. The van der Waals surface area contributed by atoms with Crippen LogP contribution in [0.1, 0.15) is 10.6 Å². The van der Waals surface area contributed by atoms with Crippen molar-refractivity contribution in [3.63, 3.8) is 0 Å². The van der Waals surface area contributed by atoms with Crippen molar-refractivity contribution in [3.8, 4) is 5.75 Å². The zero-order valence-corrected chi connectivity index (χ0v) is 15.2. The van der Waals surface area contributed by atoms with Crippen LogP contribution in [0.2, 0.25) is 0 Å². The van der Waals surface area contributed by atoms with E-state index in [9.17, 15) is 13.2 Å². The first-order valence-corrected chi connectivity index (χ1v) is 9.13. The third kappa shape index (κ3) is 3.98. The van der Waals surface area contributed by atoms with Crippen LogP contribution in [0.3, 0.4) is 0 Å². The van der Waals surface area contributed by atoms with Crippen molar-refractivity contribution in [3.05, 3.63) is 53.6 Å². The van der Waals surface area contributed by atoms with E-state index in [1.165, 1.54) is 6.07 Å². The molecule has 1 aliphatic rings. The highest BCUT2D eigenvalue weighted by atomic mass is 32.1. The van der Waals surface area contributed by atoms with E-state index in [0.29, 0.717) is 31.2 Å². The Balaban J connectivity index is 1.36. The Hall–Kier alpha value is -2.39. The second-order valence-corrected chi connectivity index (χ2v) is 7.36. The molecule has 1 aromatic carbocycles. The topological polar surface area (TPSA) is 41.5 Å². The molecule has 0 N–H and O–H groups in total. The molecule has 0 unspecified atom stereocenters. The molecular formula is C18H16F3N4OS. The largest absolute Gasteiger partial charge is 0.417 e. The second-order valence-electron chi connectivity index (χ2n) is 6.12. The quantitative estimate of drug-likeness (QED) is 0.664. The lowest BCUT2D eigenvalue weighted by molar-refractivity contribution is -0.137. The van der Waals surface area contributed by atoms with Crippen molar-refractivity contribution in [1.29, 1.82) is 0 Å². The van der Waals surface area contributed by atoms with Crippen LogP contribution in [-0.2, 0) is 6.18 Å². The van der Waals surface area contributed by atoms with E-state index in [1.54, 1.807) is 16.4 Å². The van der Waals surface area contributed by atoms with Gasteiger partial charge in [-0.3, -0.25) is 0 Å². The van der Waals surface area contributed by atoms with Crippen molar-refractivity contribution in [2.45, 2.75) is 13.1 Å². The zero-order chi connectivity index (χ0) is 19.0. The van der Waals surface area contributed by atoms with Gasteiger partial charge in [0, 0.05) is 18.8 Å². The molecule has 0 spiro atoms. The van der Waals surface area contributed by atoms with Gasteiger partial charge in [-0.25, -0.2) is 9.97 Å². The van der Waals surface area contributed by atoms with Crippen molar-refractivity contribution in [1.82, 2.24) is 15.0 Å². The summed E-state index contributed by atoms with van der Waals surface area (Å²) in [7, 11) is 0. The fourth-order valence-corrected chi connectivity index (χ4v) is 3.64. The highest BCUT2D eigenvalue weighted by Crippen LogP contribution is 2.30. The molecule has 1 fully saturated rings. The van der Waals surface area contributed by atoms with Gasteiger partial charge in [0.15, 0.2) is 0 Å². The van der Waals surface area contributed by atoms with Gasteiger partial charge in [-0.2, -0.15) is 13.2 Å². The molecule has 1 aliphatic heterocycles. The van der Waals surface area contributed by atoms with Gasteiger partial charge in [-0.15, -0.1) is 16.4 Å². The standard InChI is InChI=1S/C18H16F3N4OS/c1-12-23-15-10-14(3-4-16(15)27-12)26-25-8-6-24(7-9-25)17-5-2-13(11-22-17)18(19,20)21/h2-6,10-11H,7-9H2,1H3. The molecule has 1 saturated heterocycles. The summed E-state index contributed by atoms with van der Waals surface area (Å²) in [5, 5.41) is 2.80. The highest BCUT2D eigenvalue weighted by molar-refractivity contribution is 7.18. The summed E-state index contributed by atoms with van der Waals surface area (Å²) in [4.78, 5) is 16.1. The highest BCUT2D eigenvalue weighted by Gasteiger charge is 2.31. The fraction of sp³-hybridized carbons (Fsp3) is 0.278. The number of piperazine rings is 1. The number of benzene rings is 1. The van der Waals surface area contributed by atoms with Crippen molar-refractivity contribution in [2.24, 2.45) is 0 Å². The van der Waals surface area contributed by atoms with Crippen LogP contribution in [0.5, 0.6) is 5.75 Å². The first kappa shape index (κ1) is 18.0. The molecule has 4 rings (SSSR count). The average molecular weight is 393 g/mol. The van der Waals surface area contributed by atoms with Gasteiger partial charge in [-0.05, 0) is 31.2 Å². The van der Waals surface area contributed by atoms with Crippen LogP contribution < -0.4 is 9.74 Å². The average Bonchev–Trinajstić information content (AvgIpc) is 3.01. The minimum atomic E-state index is -4.38. The Labute approximate surface area is 158 Å². The molecule has 0 bridgehead atoms. The van der Waals surface area contributed by atoms with Gasteiger partial charge in [0.2, 0.25) is 0 Å². The first-order chi connectivity index (χ1) is 12.9. The number of thiazole rings is 1. The minimum Gasteiger partial charge on any atom is -0.406 e. The third-order valence-electron chi connectivity index (χ3n) is 4.17. The van der Waals surface area contributed by atoms with Crippen LogP contribution in [0, 0.1) is 13.5 Å². The van der Waals surface area contributed by atoms with Gasteiger partial charge < -0.3 is 9.74 Å². The molecular weight excluding hydrogens is 377 g/mol. The number of hydrogen-bond donors (Lipinski definition) is 0. The van der Waals surface area contributed by atoms with Gasteiger partial charge in [0.05, 0.1) is 40.4 Å². The van der Waals surface area contributed by atoms with Crippen LogP contribution in [0.4, 0.5) is 19.0 Å². The summed E-state index contributed by atoms with van der Waals surface area (Å²) < 4.78 is 39.0. The number of pyridine rings is 1. The Morgan fingerprint density at radius 1 is 1.15 bits per heavy atom. The van der Waals surface area contributed by atoms with E-state index in [-0.39, 0.29) is 0 Å². The molecule has 0 amide bonds. The number of aromatic nitrogens is 2. The van der Waals surface area contributed by atoms with Crippen LogP contribution >= 0.6 is 11.3 Å². The van der Waals surface area contributed by atoms with E-state index < -0.39 is 11.7 Å². The number of hydrogen-bond acceptors (Lipinski definition) is 6. The fourth-order valence-electron chi connectivity index (χ4n) is 2.83. The summed E-state index contributed by atoms with van der Waals surface area (Å²) in [5.74, 6) is 1.20. The van der Waals surface area contributed by atoms with E-state index in [2.05, 4.69) is 9.97 Å². The molecule has 3 heterocycles. The maximum Gasteiger partial charge on any atom is 0.417 e. The molecule has 27 heavy (non-hydrogen) atoms. The number of anilines is 1. The lowest BCUT2D eigenvalue weighted by Gasteiger charge is -2.34. The third-order valence-corrected chi connectivity index (χ3v) is 5.12. The summed E-state index contributed by atoms with van der Waals surface area (Å²) >= 11 is 1.64. The Morgan fingerprint density at radius 2 is 2.00 bits per heavy atom. The first-order valence-electron chi connectivity index (χ1n) is 8.32. The number of nitrogens with zero attached hydrogens (tertiary/aromatic N) is 4. The van der Waals surface area contributed by atoms with Crippen LogP contribution in [0.15, 0.2) is 36.5 Å². The van der Waals surface area contributed by atoms with Gasteiger partial charge in [0.1, 0.15) is 11.6 Å². The molecule has 2 aromatic heterocycles. The summed E-state index contributed by atoms with van der Waals surface area (Å²) in [6.45, 7) is 5.47. The summed E-state index contributed by atoms with van der Waals surface area (Å²) in [6, 6.07) is 8.23. The normalized spacial score (nSPS) is 16.1. The van der Waals surface area contributed by atoms with Crippen molar-refractivity contribution in [2.75, 3.05) is 24.5 Å². The number of aryl methyl sites for hydroxylation is 1. The maximum absolute atomic E-state index is 12.6. The second kappa shape index (κ2) is 6.97. The van der Waals surface area contributed by atoms with E-state index in [4.69, 9.17) is 4.84 Å². The number of halogens is 3. The molecule has 0 atom stereocenters. The molecule has 9 heteroatoms. The molecule has 5 nitrogen and oxygen atoms in total. The van der Waals surface area contributed by atoms with Gasteiger partial charge in [0.25, 0.3) is 0 Å². The van der Waals surface area contributed by atoms with Gasteiger partial charge >= 0.3 is 6.18 Å². The predicted molar refractivity (Wildman–Crippen MR) is 97.4 cm³/mol. The number of fused-ring (bicyclic) bond motifs is 1. The summed E-state index contributed by atoms with van der Waals surface area (Å²) in [6.07, 6.45) is -3.52. The molecule has 1 radical (unpaired) electrons. The Kier molecular flexibility index (Phi) is 4.65. The summed E-state index contributed by atoms with van der Waals surface area (Å²) in [5.41, 5.74) is 0.160. The minimum absolute atomic E-state index is 0.488. The van der Waals surface area contributed by atoms with E-state index >= 15 is 0 Å². The number of alkyl halides is 3. The van der Waals surface area contributed by atoms with E-state index in [1.807, 2.05) is 36.6 Å². The number of rotatable bonds is 3. The van der Waals surface area contributed by atoms with Crippen LogP contribution in [0.25, 0.3) is 10.2 Å². The van der Waals surface area contributed by atoms with E-state index in [0.717, 1.165) is 27.5 Å². The van der Waals surface area contributed by atoms with Crippen molar-refractivity contribution < 1.29 is 18.0 Å². The SMILES string of the molecule is Cc1nc2cc(ON3C[CH]N(c4ccc(C(F)(F)F)cn4)CC3)ccc2s1. The molecule has 141 valence electrons. The van der Waals surface area contributed by atoms with Crippen LogP contribution in [-0.4, -0.2) is 34.7 Å². The lowest BCUT2D eigenvalue weighted by Crippen LogP contribution is -2.45. The zero-order valence-electron chi connectivity index (χ0n) is 14.4. The number of hydroxylamine groups is 2. The van der Waals surface area contributed by atoms with Crippen molar-refractivity contribution >= 4 is 27.4 Å². The smallest absolute Gasteiger partial charge is 0.406 e. The molecule has 0 saturated carbocycles.